The van der Waals surface area contributed by atoms with Crippen LogP contribution in [0.25, 0.3) is 0 Å². The second kappa shape index (κ2) is 6.33. The van der Waals surface area contributed by atoms with Crippen molar-refractivity contribution in [3.05, 3.63) is 29.3 Å². The van der Waals surface area contributed by atoms with E-state index in [0.29, 0.717) is 6.07 Å². The van der Waals surface area contributed by atoms with Gasteiger partial charge in [0.1, 0.15) is 12.4 Å². The smallest absolute Gasteiger partial charge is 0.419 e. The Morgan fingerprint density at radius 3 is 2.43 bits per heavy atom. The van der Waals surface area contributed by atoms with E-state index >= 15 is 0 Å². The van der Waals surface area contributed by atoms with Crippen molar-refractivity contribution in [2.45, 2.75) is 13.1 Å². The van der Waals surface area contributed by atoms with Gasteiger partial charge in [-0.1, -0.05) is 6.92 Å². The van der Waals surface area contributed by atoms with E-state index in [-0.39, 0.29) is 5.75 Å². The van der Waals surface area contributed by atoms with Crippen LogP contribution in [0, 0.1) is 0 Å². The molecule has 1 aromatic carbocycles. The molecule has 0 atom stereocenters. The van der Waals surface area contributed by atoms with Gasteiger partial charge in [-0.15, -0.1) is 0 Å². The average Bonchev–Trinajstić information content (AvgIpc) is 2.37. The van der Waals surface area contributed by atoms with Gasteiger partial charge in [-0.2, -0.15) is 13.2 Å². The summed E-state index contributed by atoms with van der Waals surface area (Å²) in [5.74, 6) is -2.65. The fourth-order valence-corrected chi connectivity index (χ4v) is 2.06. The normalized spacial score (nSPS) is 12.2. The van der Waals surface area contributed by atoms with E-state index in [0.717, 1.165) is 12.1 Å². The quantitative estimate of drug-likeness (QED) is 0.867. The summed E-state index contributed by atoms with van der Waals surface area (Å²) < 4.78 is 65.8. The maximum atomic E-state index is 12.8. The number of carboxylic acids is 1. The molecule has 1 N–H and O–H groups in total. The van der Waals surface area contributed by atoms with E-state index in [1.165, 1.54) is 6.92 Å². The molecule has 5 nitrogen and oxygen atoms in total. The topological polar surface area (TPSA) is 80.7 Å². The lowest BCUT2D eigenvalue weighted by atomic mass is 10.1. The first-order valence-corrected chi connectivity index (χ1v) is 7.66. The summed E-state index contributed by atoms with van der Waals surface area (Å²) in [5.41, 5.74) is -1.79. The zero-order valence-corrected chi connectivity index (χ0v) is 11.8. The molecule has 0 aliphatic rings. The Balaban J connectivity index is 2.99. The predicted octanol–water partition coefficient (Wildman–Crippen LogP) is 2.22. The molecule has 0 saturated carbocycles. The molecule has 0 spiro atoms. The van der Waals surface area contributed by atoms with Crippen LogP contribution in [-0.4, -0.2) is 37.6 Å². The molecule has 0 aromatic heterocycles. The maximum absolute atomic E-state index is 12.8. The van der Waals surface area contributed by atoms with Crippen molar-refractivity contribution in [1.29, 1.82) is 0 Å². The molecule has 0 heterocycles. The first kappa shape index (κ1) is 17.3. The number of hydrogen-bond donors (Lipinski definition) is 1. The van der Waals surface area contributed by atoms with E-state index in [1.807, 2.05) is 0 Å². The summed E-state index contributed by atoms with van der Waals surface area (Å²) >= 11 is 0. The number of aromatic carboxylic acids is 1. The largest absolute Gasteiger partial charge is 0.492 e. The summed E-state index contributed by atoms with van der Waals surface area (Å²) in [5, 5.41) is 8.69. The Morgan fingerprint density at radius 1 is 1.33 bits per heavy atom. The SMILES string of the molecule is CCS(=O)(=O)CCOc1ccc(C(=O)O)cc1C(F)(F)F. The van der Waals surface area contributed by atoms with Gasteiger partial charge in [0.25, 0.3) is 0 Å². The fraction of sp³-hybridized carbons (Fsp3) is 0.417. The standard InChI is InChI=1S/C12H13F3O5S/c1-2-21(18,19)6-5-20-10-4-3-8(11(16)17)7-9(10)12(13,14)15/h3-4,7H,2,5-6H2,1H3,(H,16,17). The second-order valence-electron chi connectivity index (χ2n) is 4.10. The van der Waals surface area contributed by atoms with Crippen LogP contribution in [0.5, 0.6) is 5.75 Å². The van der Waals surface area contributed by atoms with Crippen molar-refractivity contribution in [3.8, 4) is 5.75 Å². The van der Waals surface area contributed by atoms with Crippen molar-refractivity contribution < 1.29 is 36.2 Å². The van der Waals surface area contributed by atoms with Crippen LogP contribution < -0.4 is 4.74 Å². The zero-order valence-electron chi connectivity index (χ0n) is 11.0. The minimum Gasteiger partial charge on any atom is -0.492 e. The molecular weight excluding hydrogens is 313 g/mol. The van der Waals surface area contributed by atoms with Gasteiger partial charge in [0.05, 0.1) is 16.9 Å². The van der Waals surface area contributed by atoms with Gasteiger partial charge in [0.2, 0.25) is 0 Å². The van der Waals surface area contributed by atoms with Gasteiger partial charge in [0.15, 0.2) is 9.84 Å². The number of benzene rings is 1. The molecule has 0 saturated heterocycles. The van der Waals surface area contributed by atoms with E-state index in [1.54, 1.807) is 0 Å². The number of rotatable bonds is 6. The van der Waals surface area contributed by atoms with Crippen molar-refractivity contribution >= 4 is 15.8 Å². The highest BCUT2D eigenvalue weighted by atomic mass is 32.2. The monoisotopic (exact) mass is 326 g/mol. The lowest BCUT2D eigenvalue weighted by Gasteiger charge is -2.14. The molecule has 0 amide bonds. The minimum atomic E-state index is -4.80. The molecule has 0 fully saturated rings. The van der Waals surface area contributed by atoms with Crippen LogP contribution in [0.3, 0.4) is 0 Å². The van der Waals surface area contributed by atoms with E-state index in [4.69, 9.17) is 9.84 Å². The van der Waals surface area contributed by atoms with Crippen LogP contribution in [-0.2, 0) is 16.0 Å². The Morgan fingerprint density at radius 2 is 1.95 bits per heavy atom. The molecular formula is C12H13F3O5S. The number of alkyl halides is 3. The lowest BCUT2D eigenvalue weighted by molar-refractivity contribution is -0.138. The number of hydrogen-bond acceptors (Lipinski definition) is 4. The van der Waals surface area contributed by atoms with Crippen molar-refractivity contribution in [2.75, 3.05) is 18.1 Å². The summed E-state index contributed by atoms with van der Waals surface area (Å²) in [6, 6.07) is 2.28. The highest BCUT2D eigenvalue weighted by Gasteiger charge is 2.35. The average molecular weight is 326 g/mol. The molecule has 9 heteroatoms. The van der Waals surface area contributed by atoms with Crippen LogP contribution >= 0.6 is 0 Å². The number of carbonyl (C=O) groups is 1. The molecule has 0 unspecified atom stereocenters. The van der Waals surface area contributed by atoms with E-state index in [9.17, 15) is 26.4 Å². The molecule has 1 rings (SSSR count). The van der Waals surface area contributed by atoms with E-state index < -0.39 is 51.2 Å². The third kappa shape index (κ3) is 4.92. The van der Waals surface area contributed by atoms with Crippen molar-refractivity contribution in [3.63, 3.8) is 0 Å². The summed E-state index contributed by atoms with van der Waals surface area (Å²) in [7, 11) is -3.36. The summed E-state index contributed by atoms with van der Waals surface area (Å²) in [4.78, 5) is 10.7. The summed E-state index contributed by atoms with van der Waals surface area (Å²) in [6.45, 7) is 0.976. The lowest BCUT2D eigenvalue weighted by Crippen LogP contribution is -2.17. The van der Waals surface area contributed by atoms with Crippen molar-refractivity contribution in [1.82, 2.24) is 0 Å². The number of sulfone groups is 1. The number of ether oxygens (including phenoxy) is 1. The zero-order chi connectivity index (χ0) is 16.3. The third-order valence-electron chi connectivity index (χ3n) is 2.62. The predicted molar refractivity (Wildman–Crippen MR) is 68.2 cm³/mol. The van der Waals surface area contributed by atoms with Gasteiger partial charge >= 0.3 is 12.1 Å². The Kier molecular flexibility index (Phi) is 5.21. The maximum Gasteiger partial charge on any atom is 0.419 e. The molecule has 0 aliphatic carbocycles. The number of carboxylic acid groups (broad SMARTS) is 1. The molecule has 0 aliphatic heterocycles. The van der Waals surface area contributed by atoms with Crippen LogP contribution in [0.1, 0.15) is 22.8 Å². The molecule has 21 heavy (non-hydrogen) atoms. The Hall–Kier alpha value is -1.77. The third-order valence-corrected chi connectivity index (χ3v) is 4.29. The van der Waals surface area contributed by atoms with Gasteiger partial charge < -0.3 is 9.84 Å². The van der Waals surface area contributed by atoms with Crippen LogP contribution in [0.2, 0.25) is 0 Å². The Labute approximate surface area is 119 Å². The van der Waals surface area contributed by atoms with Gasteiger partial charge in [-0.05, 0) is 18.2 Å². The minimum absolute atomic E-state index is 0.138. The van der Waals surface area contributed by atoms with Gasteiger partial charge in [0, 0.05) is 5.75 Å². The first-order chi connectivity index (χ1) is 9.57. The highest BCUT2D eigenvalue weighted by molar-refractivity contribution is 7.91. The molecule has 118 valence electrons. The molecule has 0 bridgehead atoms. The van der Waals surface area contributed by atoms with E-state index in [2.05, 4.69) is 0 Å². The first-order valence-electron chi connectivity index (χ1n) is 5.84. The molecule has 0 radical (unpaired) electrons. The molecule has 1 aromatic rings. The van der Waals surface area contributed by atoms with Crippen LogP contribution in [0.15, 0.2) is 18.2 Å². The number of halogens is 3. The Bertz CT molecular complexity index is 622. The highest BCUT2D eigenvalue weighted by Crippen LogP contribution is 2.36. The van der Waals surface area contributed by atoms with Crippen LogP contribution in [0.4, 0.5) is 13.2 Å². The second-order valence-corrected chi connectivity index (χ2v) is 6.57. The fourth-order valence-electron chi connectivity index (χ4n) is 1.43. The van der Waals surface area contributed by atoms with Gasteiger partial charge in [-0.3, -0.25) is 0 Å². The van der Waals surface area contributed by atoms with Crippen molar-refractivity contribution in [2.24, 2.45) is 0 Å². The van der Waals surface area contributed by atoms with Gasteiger partial charge in [-0.25, -0.2) is 13.2 Å². The summed E-state index contributed by atoms with van der Waals surface area (Å²) in [6.07, 6.45) is -4.80.